The van der Waals surface area contributed by atoms with Gasteiger partial charge in [-0.2, -0.15) is 0 Å². The summed E-state index contributed by atoms with van der Waals surface area (Å²) < 4.78 is 12.0. The van der Waals surface area contributed by atoms with E-state index in [-0.39, 0.29) is 11.2 Å². The van der Waals surface area contributed by atoms with E-state index in [2.05, 4.69) is 30.2 Å². The molecule has 2 fully saturated rings. The Hall–Kier alpha value is -0.970. The maximum Gasteiger partial charge on any atom is 0.158 e. The maximum atomic E-state index is 6.61. The second-order valence-corrected chi connectivity index (χ2v) is 6.24. The number of nitrogens with one attached hydrogen (secondary N) is 1. The molecule has 1 N–H and O–H groups in total. The molecule has 3 aliphatic rings. The van der Waals surface area contributed by atoms with Crippen molar-refractivity contribution in [2.45, 2.75) is 43.9 Å². The summed E-state index contributed by atoms with van der Waals surface area (Å²) in [5.74, 6) is 0. The number of pyridine rings is 1. The molecular formula is C15H20N2O2. The average Bonchev–Trinajstić information content (AvgIpc) is 2.61. The number of ether oxygens (including phenoxy) is 2. The minimum absolute atomic E-state index is 0.151. The third-order valence-electron chi connectivity index (χ3n) is 4.77. The van der Waals surface area contributed by atoms with Gasteiger partial charge in [-0.3, -0.25) is 4.98 Å². The van der Waals surface area contributed by atoms with Crippen LogP contribution in [0.15, 0.2) is 12.3 Å². The van der Waals surface area contributed by atoms with Gasteiger partial charge < -0.3 is 14.8 Å². The highest BCUT2D eigenvalue weighted by molar-refractivity contribution is 5.43. The second-order valence-electron chi connectivity index (χ2n) is 6.24. The molecule has 1 aromatic heterocycles. The molecule has 4 heterocycles. The molecule has 3 aliphatic heterocycles. The summed E-state index contributed by atoms with van der Waals surface area (Å²) in [6.07, 6.45) is 3.95. The van der Waals surface area contributed by atoms with Crippen LogP contribution < -0.4 is 5.32 Å². The lowest BCUT2D eigenvalue weighted by Gasteiger charge is -2.43. The number of rotatable bonds is 0. The zero-order valence-corrected chi connectivity index (χ0v) is 11.5. The highest BCUT2D eigenvalue weighted by atomic mass is 16.6. The third-order valence-corrected chi connectivity index (χ3v) is 4.77. The third kappa shape index (κ3) is 1.48. The first-order valence-corrected chi connectivity index (χ1v) is 7.13. The van der Waals surface area contributed by atoms with Crippen LogP contribution in [-0.4, -0.2) is 30.8 Å². The molecular weight excluding hydrogens is 240 g/mol. The first-order valence-electron chi connectivity index (χ1n) is 7.13. The number of nitrogens with zero attached hydrogens (tertiary/aromatic N) is 1. The van der Waals surface area contributed by atoms with Crippen LogP contribution in [-0.2, 0) is 20.7 Å². The minimum Gasteiger partial charge on any atom is -0.374 e. The van der Waals surface area contributed by atoms with Crippen molar-refractivity contribution in [3.05, 3.63) is 29.1 Å². The molecule has 2 spiro atoms. The van der Waals surface area contributed by atoms with Gasteiger partial charge in [0.2, 0.25) is 0 Å². The highest BCUT2D eigenvalue weighted by Gasteiger charge is 2.59. The summed E-state index contributed by atoms with van der Waals surface area (Å²) >= 11 is 0. The predicted octanol–water partition coefficient (Wildman–Crippen LogP) is 1.61. The number of aromatic nitrogens is 1. The molecule has 0 amide bonds. The lowest BCUT2D eigenvalue weighted by Crippen LogP contribution is -2.51. The van der Waals surface area contributed by atoms with Gasteiger partial charge in [0.15, 0.2) is 5.60 Å². The Morgan fingerprint density at radius 2 is 2.21 bits per heavy atom. The second kappa shape index (κ2) is 3.78. The Bertz CT molecular complexity index is 527. The number of piperidine rings is 1. The predicted molar refractivity (Wildman–Crippen MR) is 70.9 cm³/mol. The molecule has 0 saturated carbocycles. The van der Waals surface area contributed by atoms with Crippen molar-refractivity contribution < 1.29 is 9.47 Å². The molecule has 0 bridgehead atoms. The van der Waals surface area contributed by atoms with E-state index in [1.54, 1.807) is 0 Å². The normalized spacial score (nSPS) is 35.4. The fourth-order valence-corrected chi connectivity index (χ4v) is 3.94. The summed E-state index contributed by atoms with van der Waals surface area (Å²) in [6.45, 7) is 6.72. The van der Waals surface area contributed by atoms with Crippen molar-refractivity contribution >= 4 is 0 Å². The Kier molecular flexibility index (Phi) is 2.35. The van der Waals surface area contributed by atoms with Crippen LogP contribution in [0.5, 0.6) is 0 Å². The van der Waals surface area contributed by atoms with Crippen molar-refractivity contribution in [3.63, 3.8) is 0 Å². The van der Waals surface area contributed by atoms with Crippen LogP contribution in [0, 0.1) is 6.92 Å². The van der Waals surface area contributed by atoms with E-state index in [4.69, 9.17) is 9.47 Å². The van der Waals surface area contributed by atoms with Crippen LogP contribution in [0.2, 0.25) is 0 Å². The van der Waals surface area contributed by atoms with E-state index in [0.29, 0.717) is 19.3 Å². The van der Waals surface area contributed by atoms with Gasteiger partial charge in [0.05, 0.1) is 24.5 Å². The lowest BCUT2D eigenvalue weighted by molar-refractivity contribution is -0.263. The molecule has 4 rings (SSSR count). The monoisotopic (exact) mass is 260 g/mol. The highest BCUT2D eigenvalue weighted by Crippen LogP contribution is 2.54. The van der Waals surface area contributed by atoms with Gasteiger partial charge in [-0.1, -0.05) is 0 Å². The molecule has 4 heteroatoms. The Morgan fingerprint density at radius 1 is 1.37 bits per heavy atom. The van der Waals surface area contributed by atoms with Gasteiger partial charge in [0, 0.05) is 17.8 Å². The lowest BCUT2D eigenvalue weighted by atomic mass is 9.80. The Labute approximate surface area is 113 Å². The van der Waals surface area contributed by atoms with E-state index >= 15 is 0 Å². The van der Waals surface area contributed by atoms with Crippen molar-refractivity contribution in [1.82, 2.24) is 10.3 Å². The van der Waals surface area contributed by atoms with Crippen LogP contribution in [0.25, 0.3) is 0 Å². The molecule has 0 radical (unpaired) electrons. The van der Waals surface area contributed by atoms with Gasteiger partial charge in [-0.25, -0.2) is 0 Å². The zero-order valence-electron chi connectivity index (χ0n) is 11.5. The molecule has 102 valence electrons. The molecule has 4 nitrogen and oxygen atoms in total. The van der Waals surface area contributed by atoms with Gasteiger partial charge in [0.1, 0.15) is 0 Å². The zero-order chi connectivity index (χ0) is 13.1. The summed E-state index contributed by atoms with van der Waals surface area (Å²) in [7, 11) is 0. The Morgan fingerprint density at radius 3 is 2.89 bits per heavy atom. The molecule has 0 aromatic carbocycles. The standard InChI is InChI=1S/C15H20N2O2/c1-10-3-5-17-13-12(10)14(4-6-16-11(2)7-14)19-15(13)8-18-9-15/h3,5,11,16H,4,6-9H2,1-2H3/t11-,14-/m1/s1. The van der Waals surface area contributed by atoms with Crippen LogP contribution in [0.1, 0.15) is 36.6 Å². The molecule has 2 saturated heterocycles. The maximum absolute atomic E-state index is 6.61. The van der Waals surface area contributed by atoms with E-state index in [1.165, 1.54) is 11.1 Å². The van der Waals surface area contributed by atoms with Crippen molar-refractivity contribution in [2.24, 2.45) is 0 Å². The largest absolute Gasteiger partial charge is 0.374 e. The van der Waals surface area contributed by atoms with Gasteiger partial charge in [-0.05, 0) is 44.9 Å². The van der Waals surface area contributed by atoms with Crippen LogP contribution in [0.4, 0.5) is 0 Å². The summed E-state index contributed by atoms with van der Waals surface area (Å²) in [4.78, 5) is 4.64. The topological polar surface area (TPSA) is 43.4 Å². The first kappa shape index (κ1) is 11.8. The van der Waals surface area contributed by atoms with E-state index < -0.39 is 0 Å². The summed E-state index contributed by atoms with van der Waals surface area (Å²) in [5.41, 5.74) is 3.36. The molecule has 0 aliphatic carbocycles. The van der Waals surface area contributed by atoms with Crippen molar-refractivity contribution in [3.8, 4) is 0 Å². The van der Waals surface area contributed by atoms with E-state index in [1.807, 2.05) is 6.20 Å². The average molecular weight is 260 g/mol. The fourth-order valence-electron chi connectivity index (χ4n) is 3.94. The van der Waals surface area contributed by atoms with Gasteiger partial charge >= 0.3 is 0 Å². The van der Waals surface area contributed by atoms with E-state index in [0.717, 1.165) is 25.1 Å². The van der Waals surface area contributed by atoms with Gasteiger partial charge in [0.25, 0.3) is 0 Å². The van der Waals surface area contributed by atoms with Crippen LogP contribution >= 0.6 is 0 Å². The molecule has 19 heavy (non-hydrogen) atoms. The smallest absolute Gasteiger partial charge is 0.158 e. The van der Waals surface area contributed by atoms with Crippen molar-refractivity contribution in [1.29, 1.82) is 0 Å². The SMILES string of the molecule is Cc1ccnc2c1[C@]1(CCN[C@H](C)C1)OC21COC1. The summed E-state index contributed by atoms with van der Waals surface area (Å²) in [5, 5.41) is 3.52. The quantitative estimate of drug-likeness (QED) is 0.769. The molecule has 0 unspecified atom stereocenters. The Balaban J connectivity index is 1.88. The molecule has 1 aromatic rings. The first-order chi connectivity index (χ1) is 9.15. The van der Waals surface area contributed by atoms with Crippen LogP contribution in [0.3, 0.4) is 0 Å². The summed E-state index contributed by atoms with van der Waals surface area (Å²) in [6, 6.07) is 2.59. The minimum atomic E-state index is -0.265. The number of aryl methyl sites for hydroxylation is 1. The molecule has 2 atom stereocenters. The fraction of sp³-hybridized carbons (Fsp3) is 0.667. The number of hydrogen-bond donors (Lipinski definition) is 1. The van der Waals surface area contributed by atoms with Crippen molar-refractivity contribution in [2.75, 3.05) is 19.8 Å². The van der Waals surface area contributed by atoms with E-state index in [9.17, 15) is 0 Å². The van der Waals surface area contributed by atoms with Gasteiger partial charge in [-0.15, -0.1) is 0 Å². The number of fused-ring (bicyclic) bond motifs is 3. The number of hydrogen-bond acceptors (Lipinski definition) is 4.